The van der Waals surface area contributed by atoms with Gasteiger partial charge in [-0.15, -0.1) is 0 Å². The van der Waals surface area contributed by atoms with Gasteiger partial charge in [0, 0.05) is 25.5 Å². The maximum atomic E-state index is 13.2. The Balaban J connectivity index is 1.43. The molecule has 132 valence electrons. The minimum atomic E-state index is 0.0402. The highest BCUT2D eigenvalue weighted by atomic mass is 16.2. The Hall–Kier alpha value is -2.14. The van der Waals surface area contributed by atoms with Gasteiger partial charge in [0.15, 0.2) is 0 Å². The first-order valence-electron chi connectivity index (χ1n) is 9.37. The van der Waals surface area contributed by atoms with Gasteiger partial charge in [-0.05, 0) is 43.9 Å². The van der Waals surface area contributed by atoms with Crippen LogP contribution in [0, 0.1) is 0 Å². The molecule has 3 heterocycles. The second-order valence-corrected chi connectivity index (χ2v) is 7.17. The number of hydrogen-bond donors (Lipinski definition) is 0. The quantitative estimate of drug-likeness (QED) is 0.841. The minimum Gasteiger partial charge on any atom is -0.336 e. The summed E-state index contributed by atoms with van der Waals surface area (Å²) >= 11 is 0. The fourth-order valence-corrected chi connectivity index (χ4v) is 4.24. The van der Waals surface area contributed by atoms with Gasteiger partial charge in [0.05, 0.1) is 18.6 Å². The Kier molecular flexibility index (Phi) is 4.83. The summed E-state index contributed by atoms with van der Waals surface area (Å²) in [4.78, 5) is 17.7. The van der Waals surface area contributed by atoms with E-state index >= 15 is 0 Å². The van der Waals surface area contributed by atoms with E-state index in [0.717, 1.165) is 51.9 Å². The third kappa shape index (κ3) is 3.61. The van der Waals surface area contributed by atoms with Gasteiger partial charge in [-0.3, -0.25) is 14.4 Å². The SMILES string of the molecule is O=C([C@H]1CCCN1Cc1ccccc1)N1CCC[C@@H]1Cn1cccn1. The maximum absolute atomic E-state index is 13.2. The van der Waals surface area contributed by atoms with Crippen molar-refractivity contribution in [3.63, 3.8) is 0 Å². The average molecular weight is 338 g/mol. The number of likely N-dealkylation sites (tertiary alicyclic amines) is 2. The molecular weight excluding hydrogens is 312 g/mol. The molecule has 0 aliphatic carbocycles. The van der Waals surface area contributed by atoms with E-state index in [2.05, 4.69) is 39.2 Å². The van der Waals surface area contributed by atoms with Crippen molar-refractivity contribution in [3.05, 3.63) is 54.4 Å². The largest absolute Gasteiger partial charge is 0.336 e. The van der Waals surface area contributed by atoms with Crippen LogP contribution in [-0.2, 0) is 17.9 Å². The molecule has 5 nitrogen and oxygen atoms in total. The van der Waals surface area contributed by atoms with E-state index in [-0.39, 0.29) is 12.1 Å². The molecule has 25 heavy (non-hydrogen) atoms. The first kappa shape index (κ1) is 16.3. The fourth-order valence-electron chi connectivity index (χ4n) is 4.24. The van der Waals surface area contributed by atoms with Gasteiger partial charge in [0.25, 0.3) is 0 Å². The second-order valence-electron chi connectivity index (χ2n) is 7.17. The zero-order chi connectivity index (χ0) is 17.1. The summed E-state index contributed by atoms with van der Waals surface area (Å²) in [6.07, 6.45) is 8.07. The van der Waals surface area contributed by atoms with Crippen LogP contribution in [-0.4, -0.2) is 50.7 Å². The van der Waals surface area contributed by atoms with E-state index in [1.807, 2.05) is 23.0 Å². The molecular formula is C20H26N4O. The highest BCUT2D eigenvalue weighted by molar-refractivity contribution is 5.82. The van der Waals surface area contributed by atoms with Crippen molar-refractivity contribution in [2.45, 2.75) is 50.9 Å². The van der Waals surface area contributed by atoms with Gasteiger partial charge in [-0.1, -0.05) is 30.3 Å². The summed E-state index contributed by atoms with van der Waals surface area (Å²) in [5, 5.41) is 4.31. The number of hydrogen-bond acceptors (Lipinski definition) is 3. The van der Waals surface area contributed by atoms with Crippen LogP contribution in [0.3, 0.4) is 0 Å². The molecule has 1 aromatic carbocycles. The highest BCUT2D eigenvalue weighted by Gasteiger charge is 2.38. The van der Waals surface area contributed by atoms with Gasteiger partial charge < -0.3 is 4.90 Å². The van der Waals surface area contributed by atoms with Crippen LogP contribution < -0.4 is 0 Å². The molecule has 0 unspecified atom stereocenters. The lowest BCUT2D eigenvalue weighted by molar-refractivity contribution is -0.137. The molecule has 2 saturated heterocycles. The summed E-state index contributed by atoms with van der Waals surface area (Å²) < 4.78 is 1.95. The predicted octanol–water partition coefficient (Wildman–Crippen LogP) is 2.54. The zero-order valence-electron chi connectivity index (χ0n) is 14.6. The van der Waals surface area contributed by atoms with Gasteiger partial charge in [-0.25, -0.2) is 0 Å². The maximum Gasteiger partial charge on any atom is 0.240 e. The van der Waals surface area contributed by atoms with E-state index in [4.69, 9.17) is 0 Å². The average Bonchev–Trinajstić information content (AvgIpc) is 3.38. The number of carbonyl (C=O) groups is 1. The summed E-state index contributed by atoms with van der Waals surface area (Å²) in [6, 6.07) is 12.8. The summed E-state index contributed by atoms with van der Waals surface area (Å²) in [5.41, 5.74) is 1.29. The normalized spacial score (nSPS) is 24.1. The van der Waals surface area contributed by atoms with Crippen molar-refractivity contribution in [2.75, 3.05) is 13.1 Å². The van der Waals surface area contributed by atoms with Gasteiger partial charge in [0.2, 0.25) is 5.91 Å². The Morgan fingerprint density at radius 2 is 1.92 bits per heavy atom. The Morgan fingerprint density at radius 3 is 2.72 bits per heavy atom. The molecule has 5 heteroatoms. The molecule has 0 N–H and O–H groups in total. The van der Waals surface area contributed by atoms with Crippen molar-refractivity contribution in [2.24, 2.45) is 0 Å². The highest BCUT2D eigenvalue weighted by Crippen LogP contribution is 2.26. The summed E-state index contributed by atoms with van der Waals surface area (Å²) in [5.74, 6) is 0.322. The fraction of sp³-hybridized carbons (Fsp3) is 0.500. The van der Waals surface area contributed by atoms with E-state index in [0.29, 0.717) is 5.91 Å². The lowest BCUT2D eigenvalue weighted by Gasteiger charge is -2.31. The molecule has 2 aliphatic rings. The van der Waals surface area contributed by atoms with Crippen LogP contribution >= 0.6 is 0 Å². The van der Waals surface area contributed by atoms with Gasteiger partial charge >= 0.3 is 0 Å². The topological polar surface area (TPSA) is 41.4 Å². The Labute approximate surface area is 149 Å². The molecule has 0 radical (unpaired) electrons. The van der Waals surface area contributed by atoms with Crippen LogP contribution in [0.5, 0.6) is 0 Å². The Morgan fingerprint density at radius 1 is 1.08 bits per heavy atom. The molecule has 1 aromatic heterocycles. The van der Waals surface area contributed by atoms with Gasteiger partial charge in [-0.2, -0.15) is 5.10 Å². The standard InChI is InChI=1S/C20H26N4O/c25-20(24-14-4-9-18(24)16-23-13-6-11-21-23)19-10-5-12-22(19)15-17-7-2-1-3-8-17/h1-3,6-8,11,13,18-19H,4-5,9-10,12,14-16H2/t18-,19-/m1/s1. The number of amides is 1. The van der Waals surface area contributed by atoms with Gasteiger partial charge in [0.1, 0.15) is 0 Å². The third-order valence-corrected chi connectivity index (χ3v) is 5.49. The minimum absolute atomic E-state index is 0.0402. The Bertz CT molecular complexity index is 685. The molecule has 0 saturated carbocycles. The number of benzene rings is 1. The van der Waals surface area contributed by atoms with Crippen LogP contribution in [0.2, 0.25) is 0 Å². The monoisotopic (exact) mass is 338 g/mol. The first-order chi connectivity index (χ1) is 12.3. The van der Waals surface area contributed by atoms with Crippen molar-refractivity contribution in [3.8, 4) is 0 Å². The van der Waals surface area contributed by atoms with E-state index in [9.17, 15) is 4.79 Å². The zero-order valence-corrected chi connectivity index (χ0v) is 14.6. The molecule has 4 rings (SSSR count). The lowest BCUT2D eigenvalue weighted by Crippen LogP contribution is -2.48. The third-order valence-electron chi connectivity index (χ3n) is 5.49. The van der Waals surface area contributed by atoms with E-state index in [1.54, 1.807) is 6.20 Å². The van der Waals surface area contributed by atoms with Crippen molar-refractivity contribution in [1.29, 1.82) is 0 Å². The molecule has 0 bridgehead atoms. The molecule has 1 amide bonds. The van der Waals surface area contributed by atoms with Crippen LogP contribution in [0.15, 0.2) is 48.8 Å². The van der Waals surface area contributed by atoms with Crippen LogP contribution in [0.1, 0.15) is 31.2 Å². The predicted molar refractivity (Wildman–Crippen MR) is 96.8 cm³/mol. The molecule has 2 aliphatic heterocycles. The van der Waals surface area contributed by atoms with Crippen molar-refractivity contribution < 1.29 is 4.79 Å². The first-order valence-corrected chi connectivity index (χ1v) is 9.37. The molecule has 2 atom stereocenters. The smallest absolute Gasteiger partial charge is 0.240 e. The summed E-state index contributed by atoms with van der Waals surface area (Å²) in [7, 11) is 0. The van der Waals surface area contributed by atoms with Crippen LogP contribution in [0.25, 0.3) is 0 Å². The number of aromatic nitrogens is 2. The van der Waals surface area contributed by atoms with Crippen molar-refractivity contribution >= 4 is 5.91 Å². The van der Waals surface area contributed by atoms with Crippen LogP contribution in [0.4, 0.5) is 0 Å². The number of nitrogens with zero attached hydrogens (tertiary/aromatic N) is 4. The molecule has 0 spiro atoms. The van der Waals surface area contributed by atoms with E-state index in [1.165, 1.54) is 5.56 Å². The van der Waals surface area contributed by atoms with Crippen molar-refractivity contribution in [1.82, 2.24) is 19.6 Å². The number of carbonyl (C=O) groups excluding carboxylic acids is 1. The molecule has 2 aromatic rings. The lowest BCUT2D eigenvalue weighted by atomic mass is 10.1. The van der Waals surface area contributed by atoms with E-state index < -0.39 is 0 Å². The molecule has 2 fully saturated rings. The second kappa shape index (κ2) is 7.40. The summed E-state index contributed by atoms with van der Waals surface area (Å²) in [6.45, 7) is 3.59. The number of rotatable bonds is 5.